The minimum Gasteiger partial charge on any atom is -0.382 e. The predicted molar refractivity (Wildman–Crippen MR) is 71.3 cm³/mol. The fourth-order valence-electron chi connectivity index (χ4n) is 2.09. The maximum absolute atomic E-state index is 3.57. The number of anilines is 2. The van der Waals surface area contributed by atoms with Crippen LogP contribution in [-0.2, 0) is 6.42 Å². The largest absolute Gasteiger partial charge is 0.382 e. The van der Waals surface area contributed by atoms with Gasteiger partial charge in [0.2, 0.25) is 0 Å². The third-order valence-corrected chi connectivity index (χ3v) is 3.60. The van der Waals surface area contributed by atoms with Crippen LogP contribution < -0.4 is 10.2 Å². The van der Waals surface area contributed by atoms with E-state index in [4.69, 9.17) is 0 Å². The number of nitrogens with one attached hydrogen (secondary N) is 1. The van der Waals surface area contributed by atoms with Gasteiger partial charge in [0, 0.05) is 31.0 Å². The van der Waals surface area contributed by atoms with Crippen LogP contribution in [-0.4, -0.2) is 19.6 Å². The Kier molecular flexibility index (Phi) is 3.08. The lowest BCUT2D eigenvalue weighted by molar-refractivity contribution is 0.560. The minimum absolute atomic E-state index is 0.525. The Morgan fingerprint density at radius 3 is 2.69 bits per heavy atom. The molecule has 0 fully saturated rings. The fraction of sp³-hybridized carbons (Fsp3) is 0.571. The molecule has 2 heteroatoms. The molecule has 0 amide bonds. The highest BCUT2D eigenvalue weighted by molar-refractivity contribution is 5.63. The first-order valence-corrected chi connectivity index (χ1v) is 6.18. The van der Waals surface area contributed by atoms with Crippen LogP contribution in [0.15, 0.2) is 18.2 Å². The number of hydrogen-bond acceptors (Lipinski definition) is 2. The summed E-state index contributed by atoms with van der Waals surface area (Å²) in [6.07, 6.45) is 1.18. The first-order valence-electron chi connectivity index (χ1n) is 6.18. The lowest BCUT2D eigenvalue weighted by Gasteiger charge is -2.19. The van der Waals surface area contributed by atoms with Crippen molar-refractivity contribution in [3.63, 3.8) is 0 Å². The quantitative estimate of drug-likeness (QED) is 0.838. The van der Waals surface area contributed by atoms with Crippen molar-refractivity contribution in [2.45, 2.75) is 33.2 Å². The van der Waals surface area contributed by atoms with Gasteiger partial charge in [-0.3, -0.25) is 0 Å². The second-order valence-electron chi connectivity index (χ2n) is 5.19. The molecule has 0 spiro atoms. The molecule has 2 rings (SSSR count). The van der Waals surface area contributed by atoms with Gasteiger partial charge >= 0.3 is 0 Å². The molecular formula is C14H22N2. The van der Waals surface area contributed by atoms with Gasteiger partial charge in [-0.25, -0.2) is 0 Å². The number of rotatable bonds is 3. The van der Waals surface area contributed by atoms with Gasteiger partial charge in [-0.2, -0.15) is 0 Å². The van der Waals surface area contributed by atoms with Crippen molar-refractivity contribution < 1.29 is 0 Å². The highest BCUT2D eigenvalue weighted by Gasteiger charge is 2.16. The summed E-state index contributed by atoms with van der Waals surface area (Å²) >= 11 is 0. The Bertz CT molecular complexity index is 371. The highest BCUT2D eigenvalue weighted by Crippen LogP contribution is 2.29. The molecule has 16 heavy (non-hydrogen) atoms. The lowest BCUT2D eigenvalue weighted by atomic mass is 10.1. The van der Waals surface area contributed by atoms with Crippen molar-refractivity contribution in [2.75, 3.05) is 23.8 Å². The van der Waals surface area contributed by atoms with Crippen LogP contribution in [0.3, 0.4) is 0 Å². The molecule has 1 aliphatic heterocycles. The Morgan fingerprint density at radius 1 is 1.25 bits per heavy atom. The first-order chi connectivity index (χ1) is 7.58. The van der Waals surface area contributed by atoms with Gasteiger partial charge < -0.3 is 10.2 Å². The van der Waals surface area contributed by atoms with Gasteiger partial charge in [-0.05, 0) is 43.0 Å². The van der Waals surface area contributed by atoms with Gasteiger partial charge in [-0.1, -0.05) is 13.8 Å². The third-order valence-electron chi connectivity index (χ3n) is 3.60. The number of fused-ring (bicyclic) bond motifs is 1. The van der Waals surface area contributed by atoms with Crippen LogP contribution in [0.2, 0.25) is 0 Å². The molecule has 1 unspecified atom stereocenters. The summed E-state index contributed by atoms with van der Waals surface area (Å²) in [5.74, 6) is 0.663. The van der Waals surface area contributed by atoms with Crippen molar-refractivity contribution in [1.29, 1.82) is 0 Å². The number of likely N-dealkylation sites (N-methyl/N-ethyl adjacent to an activating group) is 1. The molecular weight excluding hydrogens is 196 g/mol. The summed E-state index contributed by atoms with van der Waals surface area (Å²) in [5.41, 5.74) is 4.13. The monoisotopic (exact) mass is 218 g/mol. The van der Waals surface area contributed by atoms with E-state index in [-0.39, 0.29) is 0 Å². The van der Waals surface area contributed by atoms with E-state index in [9.17, 15) is 0 Å². The first kappa shape index (κ1) is 11.3. The number of hydrogen-bond donors (Lipinski definition) is 1. The molecule has 0 aliphatic carbocycles. The summed E-state index contributed by atoms with van der Waals surface area (Å²) in [5, 5.41) is 3.57. The van der Waals surface area contributed by atoms with E-state index >= 15 is 0 Å². The van der Waals surface area contributed by atoms with Crippen molar-refractivity contribution >= 4 is 11.4 Å². The molecule has 0 radical (unpaired) electrons. The summed E-state index contributed by atoms with van der Waals surface area (Å²) in [6.45, 7) is 7.89. The van der Waals surface area contributed by atoms with Crippen LogP contribution in [0.4, 0.5) is 11.4 Å². The van der Waals surface area contributed by atoms with E-state index in [0.717, 1.165) is 6.54 Å². The van der Waals surface area contributed by atoms with Crippen LogP contribution in [0.1, 0.15) is 26.3 Å². The van der Waals surface area contributed by atoms with Gasteiger partial charge in [0.1, 0.15) is 0 Å². The second kappa shape index (κ2) is 4.36. The zero-order valence-corrected chi connectivity index (χ0v) is 10.7. The van der Waals surface area contributed by atoms with E-state index in [0.29, 0.717) is 12.0 Å². The Labute approximate surface area is 98.7 Å². The highest BCUT2D eigenvalue weighted by atomic mass is 15.1. The molecule has 1 aromatic rings. The summed E-state index contributed by atoms with van der Waals surface area (Å²) in [7, 11) is 2.16. The molecule has 0 bridgehead atoms. The summed E-state index contributed by atoms with van der Waals surface area (Å²) < 4.78 is 0. The third kappa shape index (κ3) is 2.16. The molecule has 0 saturated heterocycles. The summed E-state index contributed by atoms with van der Waals surface area (Å²) in [6, 6.07) is 7.26. The second-order valence-corrected chi connectivity index (χ2v) is 5.19. The van der Waals surface area contributed by atoms with E-state index in [1.54, 1.807) is 0 Å². The van der Waals surface area contributed by atoms with Crippen LogP contribution >= 0.6 is 0 Å². The molecule has 1 N–H and O–H groups in total. The maximum atomic E-state index is 3.57. The average Bonchev–Trinajstić information content (AvgIpc) is 2.60. The zero-order valence-electron chi connectivity index (χ0n) is 10.7. The minimum atomic E-state index is 0.525. The molecule has 1 aromatic carbocycles. The standard InChI is InChI=1S/C14H22N2/c1-10(2)11(3)15-13-5-6-14-12(9-13)7-8-16(14)4/h5-6,9-11,15H,7-8H2,1-4H3. The molecule has 1 heterocycles. The Hall–Kier alpha value is -1.18. The maximum Gasteiger partial charge on any atom is 0.0398 e. The predicted octanol–water partition coefficient (Wildman–Crippen LogP) is 3.14. The van der Waals surface area contributed by atoms with Gasteiger partial charge in [0.15, 0.2) is 0 Å². The molecule has 1 aliphatic rings. The van der Waals surface area contributed by atoms with E-state index in [1.807, 2.05) is 0 Å². The Morgan fingerprint density at radius 2 is 2.00 bits per heavy atom. The van der Waals surface area contributed by atoms with E-state index in [1.165, 1.54) is 23.4 Å². The molecule has 0 aromatic heterocycles. The Balaban J connectivity index is 2.13. The molecule has 88 valence electrons. The topological polar surface area (TPSA) is 15.3 Å². The molecule has 0 saturated carbocycles. The number of nitrogens with zero attached hydrogens (tertiary/aromatic N) is 1. The van der Waals surface area contributed by atoms with Crippen LogP contribution in [0.5, 0.6) is 0 Å². The zero-order chi connectivity index (χ0) is 11.7. The SMILES string of the molecule is CC(C)C(C)Nc1ccc2c(c1)CCN2C. The van der Waals surface area contributed by atoms with Crippen molar-refractivity contribution in [3.8, 4) is 0 Å². The van der Waals surface area contributed by atoms with Crippen molar-refractivity contribution in [3.05, 3.63) is 23.8 Å². The molecule has 1 atom stereocenters. The number of benzene rings is 1. The summed E-state index contributed by atoms with van der Waals surface area (Å²) in [4.78, 5) is 2.32. The van der Waals surface area contributed by atoms with Crippen molar-refractivity contribution in [2.24, 2.45) is 5.92 Å². The van der Waals surface area contributed by atoms with Crippen molar-refractivity contribution in [1.82, 2.24) is 0 Å². The molecule has 2 nitrogen and oxygen atoms in total. The fourth-order valence-corrected chi connectivity index (χ4v) is 2.09. The van der Waals surface area contributed by atoms with Gasteiger partial charge in [0.25, 0.3) is 0 Å². The normalized spacial score (nSPS) is 16.4. The lowest BCUT2D eigenvalue weighted by Crippen LogP contribution is -2.21. The average molecular weight is 218 g/mol. The van der Waals surface area contributed by atoms with E-state index in [2.05, 4.69) is 56.2 Å². The smallest absolute Gasteiger partial charge is 0.0398 e. The van der Waals surface area contributed by atoms with Gasteiger partial charge in [0.05, 0.1) is 0 Å². The van der Waals surface area contributed by atoms with Crippen LogP contribution in [0, 0.1) is 5.92 Å². The van der Waals surface area contributed by atoms with Crippen LogP contribution in [0.25, 0.3) is 0 Å². The van der Waals surface area contributed by atoms with E-state index < -0.39 is 0 Å². The van der Waals surface area contributed by atoms with Gasteiger partial charge in [-0.15, -0.1) is 0 Å².